The Hall–Kier alpha value is -0.650. The van der Waals surface area contributed by atoms with Crippen LogP contribution in [0.5, 0.6) is 0 Å². The third kappa shape index (κ3) is 3.22. The molecular formula is C12H15ClFNO2S. The number of rotatable bonds is 3. The number of hydrogen-bond acceptors (Lipinski definition) is 3. The lowest BCUT2D eigenvalue weighted by molar-refractivity contribution is 0.395. The molecule has 1 aliphatic rings. The monoisotopic (exact) mass is 291 g/mol. The van der Waals surface area contributed by atoms with E-state index in [4.69, 9.17) is 11.6 Å². The Bertz CT molecular complexity index is 561. The molecule has 6 heteroatoms. The minimum absolute atomic E-state index is 0.0819. The van der Waals surface area contributed by atoms with Crippen molar-refractivity contribution in [3.8, 4) is 0 Å². The Morgan fingerprint density at radius 1 is 1.50 bits per heavy atom. The summed E-state index contributed by atoms with van der Waals surface area (Å²) in [5, 5.41) is 3.30. The number of hydrogen-bond donors (Lipinski definition) is 1. The van der Waals surface area contributed by atoms with Crippen LogP contribution >= 0.6 is 11.6 Å². The van der Waals surface area contributed by atoms with Gasteiger partial charge in [-0.05, 0) is 31.0 Å². The van der Waals surface area contributed by atoms with Crippen molar-refractivity contribution in [2.45, 2.75) is 25.4 Å². The van der Waals surface area contributed by atoms with Gasteiger partial charge in [0.15, 0.2) is 9.84 Å². The molecule has 1 unspecified atom stereocenters. The van der Waals surface area contributed by atoms with E-state index in [0.717, 1.165) is 5.56 Å². The molecule has 2 rings (SSSR count). The Balaban J connectivity index is 2.02. The summed E-state index contributed by atoms with van der Waals surface area (Å²) in [4.78, 5) is 0. The van der Waals surface area contributed by atoms with E-state index in [-0.39, 0.29) is 16.5 Å². The maximum absolute atomic E-state index is 13.0. The third-order valence-corrected chi connectivity index (χ3v) is 5.40. The number of sulfone groups is 1. The van der Waals surface area contributed by atoms with E-state index in [1.165, 1.54) is 6.07 Å². The van der Waals surface area contributed by atoms with E-state index in [1.807, 2.05) is 6.92 Å². The van der Waals surface area contributed by atoms with Crippen molar-refractivity contribution in [1.82, 2.24) is 5.32 Å². The molecule has 0 bridgehead atoms. The van der Waals surface area contributed by atoms with E-state index in [9.17, 15) is 12.8 Å². The summed E-state index contributed by atoms with van der Waals surface area (Å²) < 4.78 is 35.9. The molecule has 100 valence electrons. The minimum Gasteiger partial charge on any atom is -0.306 e. The smallest absolute Gasteiger partial charge is 0.152 e. The van der Waals surface area contributed by atoms with E-state index < -0.39 is 21.2 Å². The van der Waals surface area contributed by atoms with Crippen molar-refractivity contribution in [1.29, 1.82) is 0 Å². The fourth-order valence-electron chi connectivity index (χ4n) is 2.11. The standard InChI is InChI=1S/C12H15ClFNO2S/c1-12(4-5-18(16,17)8-12)15-7-9-2-3-11(14)10(13)6-9/h2-3,6,15H,4-5,7-8H2,1H3. The molecule has 1 aliphatic heterocycles. The van der Waals surface area contributed by atoms with Gasteiger partial charge in [0.1, 0.15) is 5.82 Å². The molecule has 0 saturated carbocycles. The van der Waals surface area contributed by atoms with E-state index in [1.54, 1.807) is 12.1 Å². The molecule has 0 spiro atoms. The van der Waals surface area contributed by atoms with Crippen LogP contribution in [-0.4, -0.2) is 25.5 Å². The van der Waals surface area contributed by atoms with Gasteiger partial charge in [0, 0.05) is 12.1 Å². The average Bonchev–Trinajstić information content (AvgIpc) is 2.56. The summed E-state index contributed by atoms with van der Waals surface area (Å²) in [7, 11) is -2.92. The highest BCUT2D eigenvalue weighted by Crippen LogP contribution is 2.24. The molecule has 1 fully saturated rings. The highest BCUT2D eigenvalue weighted by molar-refractivity contribution is 7.91. The van der Waals surface area contributed by atoms with Crippen LogP contribution in [0.25, 0.3) is 0 Å². The van der Waals surface area contributed by atoms with Gasteiger partial charge in [-0.25, -0.2) is 12.8 Å². The first-order valence-electron chi connectivity index (χ1n) is 5.69. The molecule has 1 saturated heterocycles. The van der Waals surface area contributed by atoms with E-state index in [0.29, 0.717) is 13.0 Å². The van der Waals surface area contributed by atoms with Crippen LogP contribution in [0.2, 0.25) is 5.02 Å². The molecule has 18 heavy (non-hydrogen) atoms. The van der Waals surface area contributed by atoms with Crippen LogP contribution in [0.4, 0.5) is 4.39 Å². The number of halogens is 2. The minimum atomic E-state index is -2.92. The van der Waals surface area contributed by atoms with Crippen LogP contribution in [-0.2, 0) is 16.4 Å². The topological polar surface area (TPSA) is 46.2 Å². The lowest BCUT2D eigenvalue weighted by Gasteiger charge is -2.24. The predicted molar refractivity (Wildman–Crippen MR) is 69.9 cm³/mol. The summed E-state index contributed by atoms with van der Waals surface area (Å²) in [6.07, 6.45) is 0.601. The van der Waals surface area contributed by atoms with Gasteiger partial charge in [-0.1, -0.05) is 17.7 Å². The van der Waals surface area contributed by atoms with Crippen LogP contribution in [0.15, 0.2) is 18.2 Å². The summed E-state index contributed by atoms with van der Waals surface area (Å²) in [5.74, 6) is -0.0784. The van der Waals surface area contributed by atoms with Crippen molar-refractivity contribution in [2.24, 2.45) is 0 Å². The van der Waals surface area contributed by atoms with Gasteiger partial charge in [0.05, 0.1) is 16.5 Å². The molecule has 0 aromatic heterocycles. The molecule has 3 nitrogen and oxygen atoms in total. The van der Waals surface area contributed by atoms with Gasteiger partial charge in [-0.3, -0.25) is 0 Å². The molecule has 1 aromatic rings. The Morgan fingerprint density at radius 2 is 2.22 bits per heavy atom. The molecule has 0 amide bonds. The third-order valence-electron chi connectivity index (χ3n) is 3.21. The van der Waals surface area contributed by atoms with Gasteiger partial charge in [0.25, 0.3) is 0 Å². The molecule has 1 aromatic carbocycles. The molecular weight excluding hydrogens is 277 g/mol. The van der Waals surface area contributed by atoms with Crippen LogP contribution in [0.3, 0.4) is 0 Å². The van der Waals surface area contributed by atoms with Crippen molar-refractivity contribution >= 4 is 21.4 Å². The summed E-state index contributed by atoms with van der Waals surface area (Å²) in [6.45, 7) is 2.37. The fourth-order valence-corrected chi connectivity index (χ4v) is 4.44. The van der Waals surface area contributed by atoms with E-state index in [2.05, 4.69) is 5.32 Å². The second kappa shape index (κ2) is 4.79. The Labute approximate surface area is 111 Å². The molecule has 1 atom stereocenters. The predicted octanol–water partition coefficient (Wildman–Crippen LogP) is 2.15. The first-order valence-corrected chi connectivity index (χ1v) is 7.89. The molecule has 0 radical (unpaired) electrons. The summed E-state index contributed by atoms with van der Waals surface area (Å²) in [5.41, 5.74) is 0.437. The van der Waals surface area contributed by atoms with Crippen LogP contribution in [0.1, 0.15) is 18.9 Å². The number of benzene rings is 1. The zero-order valence-corrected chi connectivity index (χ0v) is 11.6. The van der Waals surface area contributed by atoms with E-state index >= 15 is 0 Å². The molecule has 0 aliphatic carbocycles. The SMILES string of the molecule is CC1(NCc2ccc(F)c(Cl)c2)CCS(=O)(=O)C1. The highest BCUT2D eigenvalue weighted by atomic mass is 35.5. The maximum atomic E-state index is 13.0. The summed E-state index contributed by atoms with van der Waals surface area (Å²) in [6, 6.07) is 4.50. The quantitative estimate of drug-likeness (QED) is 0.928. The first-order chi connectivity index (χ1) is 8.30. The van der Waals surface area contributed by atoms with Gasteiger partial charge in [0.2, 0.25) is 0 Å². The second-order valence-corrected chi connectivity index (χ2v) is 7.60. The van der Waals surface area contributed by atoms with Gasteiger partial charge in [-0.15, -0.1) is 0 Å². The highest BCUT2D eigenvalue weighted by Gasteiger charge is 2.37. The van der Waals surface area contributed by atoms with Crippen molar-refractivity contribution in [2.75, 3.05) is 11.5 Å². The van der Waals surface area contributed by atoms with Crippen molar-refractivity contribution < 1.29 is 12.8 Å². The lowest BCUT2D eigenvalue weighted by atomic mass is 10.0. The van der Waals surface area contributed by atoms with Crippen molar-refractivity contribution in [3.63, 3.8) is 0 Å². The number of nitrogens with one attached hydrogen (secondary N) is 1. The summed E-state index contributed by atoms with van der Waals surface area (Å²) >= 11 is 5.69. The normalized spacial score (nSPS) is 26.4. The zero-order valence-electron chi connectivity index (χ0n) is 10.0. The van der Waals surface area contributed by atoms with Crippen LogP contribution < -0.4 is 5.32 Å². The largest absolute Gasteiger partial charge is 0.306 e. The van der Waals surface area contributed by atoms with Gasteiger partial charge < -0.3 is 5.32 Å². The van der Waals surface area contributed by atoms with Crippen LogP contribution in [0, 0.1) is 5.82 Å². The van der Waals surface area contributed by atoms with Crippen molar-refractivity contribution in [3.05, 3.63) is 34.6 Å². The maximum Gasteiger partial charge on any atom is 0.152 e. The Kier molecular flexibility index (Phi) is 3.67. The lowest BCUT2D eigenvalue weighted by Crippen LogP contribution is -2.42. The first kappa shape index (κ1) is 13.8. The second-order valence-electron chi connectivity index (χ2n) is 5.00. The zero-order chi connectivity index (χ0) is 13.4. The molecule has 1 N–H and O–H groups in total. The van der Waals surface area contributed by atoms with Gasteiger partial charge in [-0.2, -0.15) is 0 Å². The Morgan fingerprint density at radius 3 is 2.78 bits per heavy atom. The average molecular weight is 292 g/mol. The van der Waals surface area contributed by atoms with Gasteiger partial charge >= 0.3 is 0 Å². The fraction of sp³-hybridized carbons (Fsp3) is 0.500. The molecule has 1 heterocycles.